The van der Waals surface area contributed by atoms with E-state index < -0.39 is 35.4 Å². The number of aromatic hydroxyl groups is 2. The lowest BCUT2D eigenvalue weighted by atomic mass is 10.1. The molecule has 0 aliphatic carbocycles. The van der Waals surface area contributed by atoms with Crippen LogP contribution in [0.25, 0.3) is 22.1 Å². The molecule has 0 radical (unpaired) electrons. The van der Waals surface area contributed by atoms with Gasteiger partial charge in [-0.15, -0.1) is 12.4 Å². The Labute approximate surface area is 428 Å². The molecule has 8 aromatic rings. The SMILES string of the molecule is CN(Cc1ccccc1O)C(=O)Cn1c(=O)c(C(=O)NCc2ccc(Cl)cc2)cc2cccnc21.CNCc1ccccc1O.Cl.O=C(O)Cn1c(=O)c(C(=O)NCc2ccc(Cl)cc2)cc2cccnc21. The van der Waals surface area contributed by atoms with Gasteiger partial charge in [0.2, 0.25) is 5.91 Å². The lowest BCUT2D eigenvalue weighted by molar-refractivity contribution is -0.137. The van der Waals surface area contributed by atoms with Crippen LogP contribution in [0.15, 0.2) is 155 Å². The molecule has 0 spiro atoms. The molecule has 0 aliphatic heterocycles. The Morgan fingerprint density at radius 1 is 0.597 bits per heavy atom. The zero-order valence-corrected chi connectivity index (χ0v) is 41.1. The molecular formula is C52H49Cl3N8O9. The van der Waals surface area contributed by atoms with Crippen LogP contribution in [0.2, 0.25) is 10.0 Å². The van der Waals surface area contributed by atoms with E-state index in [-0.39, 0.29) is 67.0 Å². The highest BCUT2D eigenvalue weighted by atomic mass is 35.5. The molecule has 17 nitrogen and oxygen atoms in total. The third-order valence-corrected chi connectivity index (χ3v) is 11.2. The average Bonchev–Trinajstić information content (AvgIpc) is 3.36. The molecule has 72 heavy (non-hydrogen) atoms. The molecule has 0 unspecified atom stereocenters. The number of aliphatic carboxylic acids is 1. The van der Waals surface area contributed by atoms with Gasteiger partial charge in [0.05, 0.1) is 0 Å². The molecule has 4 aromatic carbocycles. The minimum absolute atomic E-state index is 0. The third kappa shape index (κ3) is 14.7. The molecule has 6 N–H and O–H groups in total. The summed E-state index contributed by atoms with van der Waals surface area (Å²) in [6.07, 6.45) is 2.98. The minimum Gasteiger partial charge on any atom is -0.508 e. The van der Waals surface area contributed by atoms with Crippen molar-refractivity contribution < 1.29 is 34.5 Å². The summed E-state index contributed by atoms with van der Waals surface area (Å²) in [5.74, 6) is -2.28. The van der Waals surface area contributed by atoms with Crippen LogP contribution in [-0.4, -0.2) is 77.1 Å². The van der Waals surface area contributed by atoms with Crippen LogP contribution in [0.1, 0.15) is 43.0 Å². The molecule has 20 heteroatoms. The number of pyridine rings is 4. The topological polar surface area (TPSA) is 238 Å². The Morgan fingerprint density at radius 3 is 1.46 bits per heavy atom. The predicted molar refractivity (Wildman–Crippen MR) is 278 cm³/mol. The van der Waals surface area contributed by atoms with E-state index in [1.165, 1.54) is 34.0 Å². The fraction of sp³-hybridized carbons (Fsp3) is 0.154. The van der Waals surface area contributed by atoms with Gasteiger partial charge < -0.3 is 36.2 Å². The summed E-state index contributed by atoms with van der Waals surface area (Å²) < 4.78 is 2.19. The number of aromatic nitrogens is 4. The largest absolute Gasteiger partial charge is 0.508 e. The van der Waals surface area contributed by atoms with Gasteiger partial charge in [0.1, 0.15) is 47.0 Å². The minimum atomic E-state index is -1.20. The van der Waals surface area contributed by atoms with Crippen LogP contribution in [0.5, 0.6) is 11.5 Å². The maximum absolute atomic E-state index is 13.3. The van der Waals surface area contributed by atoms with Gasteiger partial charge >= 0.3 is 5.97 Å². The molecule has 372 valence electrons. The van der Waals surface area contributed by atoms with Crippen molar-refractivity contribution in [3.05, 3.63) is 210 Å². The molecule has 0 bridgehead atoms. The van der Waals surface area contributed by atoms with Crippen molar-refractivity contribution in [3.8, 4) is 11.5 Å². The van der Waals surface area contributed by atoms with Gasteiger partial charge in [-0.2, -0.15) is 0 Å². The highest BCUT2D eigenvalue weighted by molar-refractivity contribution is 6.30. The van der Waals surface area contributed by atoms with Crippen LogP contribution >= 0.6 is 35.6 Å². The molecule has 0 saturated heterocycles. The van der Waals surface area contributed by atoms with Gasteiger partial charge in [-0.05, 0) is 91.0 Å². The lowest BCUT2D eigenvalue weighted by Gasteiger charge is -2.19. The monoisotopic (exact) mass is 1030 g/mol. The highest BCUT2D eigenvalue weighted by Crippen LogP contribution is 2.19. The normalized spacial score (nSPS) is 10.4. The number of carboxylic acid groups (broad SMARTS) is 1. The van der Waals surface area contributed by atoms with Gasteiger partial charge in [-0.25, -0.2) is 9.97 Å². The van der Waals surface area contributed by atoms with E-state index in [0.29, 0.717) is 44.3 Å². The number of likely N-dealkylation sites (N-methyl/N-ethyl adjacent to an activating group) is 1. The second-order valence-corrected chi connectivity index (χ2v) is 16.7. The number of nitrogens with one attached hydrogen (secondary N) is 3. The maximum Gasteiger partial charge on any atom is 0.323 e. The summed E-state index contributed by atoms with van der Waals surface area (Å²) in [6, 6.07) is 37.6. The number of carboxylic acids is 1. The Kier molecular flexibility index (Phi) is 20.0. The third-order valence-electron chi connectivity index (χ3n) is 10.7. The van der Waals surface area contributed by atoms with Gasteiger partial charge in [-0.3, -0.25) is 37.9 Å². The van der Waals surface area contributed by atoms with E-state index >= 15 is 0 Å². The quantitative estimate of drug-likeness (QED) is 0.0650. The van der Waals surface area contributed by atoms with Crippen molar-refractivity contribution in [3.63, 3.8) is 0 Å². The number of phenolic OH excluding ortho intramolecular Hbond substituents is 2. The van der Waals surface area contributed by atoms with E-state index in [1.807, 2.05) is 25.2 Å². The van der Waals surface area contributed by atoms with E-state index in [2.05, 4.69) is 25.9 Å². The van der Waals surface area contributed by atoms with Crippen LogP contribution < -0.4 is 27.1 Å². The van der Waals surface area contributed by atoms with Crippen LogP contribution in [0.3, 0.4) is 0 Å². The fourth-order valence-corrected chi connectivity index (χ4v) is 7.27. The van der Waals surface area contributed by atoms with E-state index in [1.54, 1.807) is 110 Å². The highest BCUT2D eigenvalue weighted by Gasteiger charge is 2.21. The zero-order valence-electron chi connectivity index (χ0n) is 38.8. The molecule has 3 amide bonds. The Morgan fingerprint density at radius 2 is 1.03 bits per heavy atom. The molecule has 4 aromatic heterocycles. The molecular weight excluding hydrogens is 987 g/mol. The van der Waals surface area contributed by atoms with Crippen molar-refractivity contribution in [1.82, 2.24) is 40.0 Å². The molecule has 4 heterocycles. The average molecular weight is 1040 g/mol. The summed E-state index contributed by atoms with van der Waals surface area (Å²) in [5, 5.41) is 38.9. The number of fused-ring (bicyclic) bond motifs is 2. The van der Waals surface area contributed by atoms with Crippen molar-refractivity contribution in [2.75, 3.05) is 14.1 Å². The van der Waals surface area contributed by atoms with Crippen LogP contribution in [-0.2, 0) is 48.9 Å². The Bertz CT molecular complexity index is 3320. The van der Waals surface area contributed by atoms with E-state index in [4.69, 9.17) is 28.3 Å². The number of amides is 3. The molecule has 8 rings (SSSR count). The first-order valence-electron chi connectivity index (χ1n) is 21.8. The summed E-state index contributed by atoms with van der Waals surface area (Å²) in [4.78, 5) is 85.1. The second-order valence-electron chi connectivity index (χ2n) is 15.8. The lowest BCUT2D eigenvalue weighted by Crippen LogP contribution is -2.37. The Hall–Kier alpha value is -8.09. The van der Waals surface area contributed by atoms with E-state index in [9.17, 15) is 39.0 Å². The number of carbonyl (C=O) groups is 4. The first-order valence-corrected chi connectivity index (χ1v) is 22.6. The summed E-state index contributed by atoms with van der Waals surface area (Å²) in [6.45, 7) is 0.404. The molecule has 0 atom stereocenters. The van der Waals surface area contributed by atoms with Gasteiger partial charge in [0, 0.05) is 77.6 Å². The first kappa shape index (κ1) is 54.8. The second kappa shape index (κ2) is 26.2. The number of hydrogen-bond acceptors (Lipinski definition) is 11. The van der Waals surface area contributed by atoms with Gasteiger partial charge in [0.15, 0.2) is 0 Å². The number of hydrogen-bond donors (Lipinski definition) is 6. The first-order chi connectivity index (χ1) is 34.1. The number of halogens is 3. The number of carbonyl (C=O) groups excluding carboxylic acids is 3. The smallest absolute Gasteiger partial charge is 0.323 e. The Balaban J connectivity index is 0.000000228. The van der Waals surface area contributed by atoms with Crippen molar-refractivity contribution >= 4 is 81.4 Å². The number of phenols is 2. The summed E-state index contributed by atoms with van der Waals surface area (Å²) in [5.41, 5.74) is 2.13. The maximum atomic E-state index is 13.3. The van der Waals surface area contributed by atoms with Crippen molar-refractivity contribution in [2.45, 2.75) is 39.3 Å². The van der Waals surface area contributed by atoms with Gasteiger partial charge in [0.25, 0.3) is 22.9 Å². The molecule has 0 fully saturated rings. The van der Waals surface area contributed by atoms with Crippen LogP contribution in [0, 0.1) is 0 Å². The number of para-hydroxylation sites is 2. The van der Waals surface area contributed by atoms with Crippen molar-refractivity contribution in [1.29, 1.82) is 0 Å². The summed E-state index contributed by atoms with van der Waals surface area (Å²) in [7, 11) is 3.44. The van der Waals surface area contributed by atoms with Crippen LogP contribution in [0.4, 0.5) is 0 Å². The predicted octanol–water partition coefficient (Wildman–Crippen LogP) is 6.94. The fourth-order valence-electron chi connectivity index (χ4n) is 7.02. The zero-order chi connectivity index (χ0) is 51.0. The van der Waals surface area contributed by atoms with E-state index in [0.717, 1.165) is 21.3 Å². The van der Waals surface area contributed by atoms with Gasteiger partial charge in [-0.1, -0.05) is 83.9 Å². The number of rotatable bonds is 14. The standard InChI is InChI=1S/C26H23ClN4O4.C18H14ClN3O4.C8H11NO.ClH/c1-30(15-19-5-2-3-7-22(19)32)23(33)16-31-24-18(6-4-12-28-24)13-21(26(31)35)25(34)29-14-17-8-10-20(27)11-9-17;19-13-5-3-11(4-6-13)9-21-17(25)14-8-12-2-1-7-20-16(12)22(18(14)26)10-15(23)24;1-9-6-7-4-2-3-5-8(7)10;/h2-13,32H,14-16H2,1H3,(H,29,34);1-8H,9-10H2,(H,21,25)(H,23,24);2-5,9-10H,6H2,1H3;1H. The van der Waals surface area contributed by atoms with Crippen molar-refractivity contribution in [2.24, 2.45) is 0 Å². The number of nitrogens with zero attached hydrogens (tertiary/aromatic N) is 5. The summed E-state index contributed by atoms with van der Waals surface area (Å²) >= 11 is 11.7. The molecule has 0 aliphatic rings. The molecule has 0 saturated carbocycles. The number of benzene rings is 4.